The number of aromatic nitrogens is 1. The molecule has 19 heavy (non-hydrogen) atoms. The molecule has 1 atom stereocenters. The summed E-state index contributed by atoms with van der Waals surface area (Å²) in [5.41, 5.74) is 0. The van der Waals surface area contributed by atoms with Gasteiger partial charge in [-0.2, -0.15) is 0 Å². The molecule has 2 N–H and O–H groups in total. The fraction of sp³-hybridized carbons (Fsp3) is 0.615. The summed E-state index contributed by atoms with van der Waals surface area (Å²) in [7, 11) is 1.79. The minimum Gasteiger partial charge on any atom is -0.396 e. The van der Waals surface area contributed by atoms with Crippen LogP contribution in [0.3, 0.4) is 0 Å². The molecule has 106 valence electrons. The first-order valence-corrected chi connectivity index (χ1v) is 7.31. The zero-order chi connectivity index (χ0) is 13.8. The van der Waals surface area contributed by atoms with E-state index in [1.54, 1.807) is 13.1 Å². The van der Waals surface area contributed by atoms with Gasteiger partial charge in [-0.05, 0) is 31.2 Å². The van der Waals surface area contributed by atoms with Gasteiger partial charge < -0.3 is 15.3 Å². The Morgan fingerprint density at radius 3 is 2.95 bits per heavy atom. The number of piperidine rings is 1. The molecule has 0 radical (unpaired) electrons. The summed E-state index contributed by atoms with van der Waals surface area (Å²) >= 11 is 12.3. The van der Waals surface area contributed by atoms with Crippen LogP contribution in [0.2, 0.25) is 10.0 Å². The molecule has 0 aliphatic carbocycles. The van der Waals surface area contributed by atoms with Gasteiger partial charge in [0.15, 0.2) is 0 Å². The van der Waals surface area contributed by atoms with Gasteiger partial charge in [0, 0.05) is 26.7 Å². The highest BCUT2D eigenvalue weighted by Gasteiger charge is 2.23. The van der Waals surface area contributed by atoms with E-state index in [2.05, 4.69) is 15.2 Å². The number of hydrogen-bond donors (Lipinski definition) is 2. The molecule has 1 aromatic heterocycles. The quantitative estimate of drug-likeness (QED) is 0.897. The van der Waals surface area contributed by atoms with Crippen molar-refractivity contribution in [2.24, 2.45) is 5.92 Å². The van der Waals surface area contributed by atoms with E-state index in [9.17, 15) is 0 Å². The first-order valence-electron chi connectivity index (χ1n) is 6.55. The van der Waals surface area contributed by atoms with Crippen molar-refractivity contribution >= 4 is 34.8 Å². The van der Waals surface area contributed by atoms with Gasteiger partial charge in [0.25, 0.3) is 0 Å². The molecule has 2 heterocycles. The zero-order valence-corrected chi connectivity index (χ0v) is 12.5. The molecule has 1 saturated heterocycles. The van der Waals surface area contributed by atoms with E-state index in [1.807, 2.05) is 0 Å². The van der Waals surface area contributed by atoms with Gasteiger partial charge in [-0.25, -0.2) is 4.98 Å². The average molecular weight is 304 g/mol. The van der Waals surface area contributed by atoms with Crippen molar-refractivity contribution in [2.45, 2.75) is 19.3 Å². The molecular weight excluding hydrogens is 285 g/mol. The number of aliphatic hydroxyl groups is 1. The van der Waals surface area contributed by atoms with Crippen LogP contribution < -0.4 is 10.2 Å². The van der Waals surface area contributed by atoms with E-state index in [0.29, 0.717) is 21.8 Å². The van der Waals surface area contributed by atoms with Crippen LogP contribution in [-0.4, -0.2) is 36.8 Å². The predicted molar refractivity (Wildman–Crippen MR) is 80.4 cm³/mol. The van der Waals surface area contributed by atoms with E-state index in [0.717, 1.165) is 38.2 Å². The van der Waals surface area contributed by atoms with Crippen LogP contribution in [-0.2, 0) is 0 Å². The van der Waals surface area contributed by atoms with Crippen molar-refractivity contribution in [3.05, 3.63) is 16.1 Å². The maximum atomic E-state index is 9.06. The second-order valence-electron chi connectivity index (χ2n) is 4.84. The van der Waals surface area contributed by atoms with Crippen molar-refractivity contribution in [1.29, 1.82) is 0 Å². The van der Waals surface area contributed by atoms with Crippen molar-refractivity contribution in [2.75, 3.05) is 37.0 Å². The molecule has 1 aliphatic rings. The van der Waals surface area contributed by atoms with E-state index in [1.165, 1.54) is 0 Å². The third-order valence-corrected chi connectivity index (χ3v) is 4.07. The summed E-state index contributed by atoms with van der Waals surface area (Å²) in [6, 6.07) is 1.73. The standard InChI is InChI=1S/C13H19Cl2N3O/c1-16-12-10(14)7-11(15)13(17-12)18-5-2-3-9(8-18)4-6-19/h7,9,19H,2-6,8H2,1H3,(H,16,17). The average Bonchev–Trinajstić information content (AvgIpc) is 2.39. The van der Waals surface area contributed by atoms with Crippen LogP contribution in [0.4, 0.5) is 11.6 Å². The summed E-state index contributed by atoms with van der Waals surface area (Å²) in [6.45, 7) is 2.07. The second kappa shape index (κ2) is 6.64. The first-order chi connectivity index (χ1) is 9.15. The number of halogens is 2. The summed E-state index contributed by atoms with van der Waals surface area (Å²) < 4.78 is 0. The molecule has 1 unspecified atom stereocenters. The van der Waals surface area contributed by atoms with Gasteiger partial charge in [0.05, 0.1) is 10.0 Å². The third-order valence-electron chi connectivity index (χ3n) is 3.50. The molecule has 6 heteroatoms. The maximum Gasteiger partial charge on any atom is 0.149 e. The monoisotopic (exact) mass is 303 g/mol. The first kappa shape index (κ1) is 14.7. The van der Waals surface area contributed by atoms with E-state index in [-0.39, 0.29) is 6.61 Å². The Hall–Kier alpha value is -0.710. The normalized spacial score (nSPS) is 19.6. The second-order valence-corrected chi connectivity index (χ2v) is 5.66. The predicted octanol–water partition coefficient (Wildman–Crippen LogP) is 3.03. The molecule has 0 aromatic carbocycles. The Morgan fingerprint density at radius 1 is 1.47 bits per heavy atom. The SMILES string of the molecule is CNc1nc(N2CCCC(CCO)C2)c(Cl)cc1Cl. The Balaban J connectivity index is 2.20. The fourth-order valence-electron chi connectivity index (χ4n) is 2.53. The van der Waals surface area contributed by atoms with E-state index < -0.39 is 0 Å². The summed E-state index contributed by atoms with van der Waals surface area (Å²) in [5.74, 6) is 1.92. The third kappa shape index (κ3) is 3.44. The van der Waals surface area contributed by atoms with Crippen LogP contribution >= 0.6 is 23.2 Å². The van der Waals surface area contributed by atoms with Gasteiger partial charge in [-0.3, -0.25) is 0 Å². The highest BCUT2D eigenvalue weighted by molar-refractivity contribution is 6.37. The number of aliphatic hydroxyl groups excluding tert-OH is 1. The van der Waals surface area contributed by atoms with Gasteiger partial charge >= 0.3 is 0 Å². The Bertz CT molecular complexity index is 440. The molecule has 0 saturated carbocycles. The smallest absolute Gasteiger partial charge is 0.149 e. The number of nitrogens with one attached hydrogen (secondary N) is 1. The van der Waals surface area contributed by atoms with Crippen molar-refractivity contribution in [1.82, 2.24) is 4.98 Å². The largest absolute Gasteiger partial charge is 0.396 e. The van der Waals surface area contributed by atoms with Crippen molar-refractivity contribution in [3.8, 4) is 0 Å². The van der Waals surface area contributed by atoms with Gasteiger partial charge in [0.2, 0.25) is 0 Å². The highest BCUT2D eigenvalue weighted by atomic mass is 35.5. The zero-order valence-electron chi connectivity index (χ0n) is 11.0. The minimum absolute atomic E-state index is 0.238. The van der Waals surface area contributed by atoms with Crippen LogP contribution in [0.25, 0.3) is 0 Å². The Kier molecular flexibility index (Phi) is 5.13. The summed E-state index contributed by atoms with van der Waals surface area (Å²) in [4.78, 5) is 6.68. The lowest BCUT2D eigenvalue weighted by molar-refractivity contribution is 0.244. The molecule has 1 fully saturated rings. The molecule has 0 bridgehead atoms. The van der Waals surface area contributed by atoms with Gasteiger partial charge in [-0.1, -0.05) is 23.2 Å². The molecule has 0 amide bonds. The summed E-state index contributed by atoms with van der Waals surface area (Å²) in [5, 5.41) is 13.1. The van der Waals surface area contributed by atoms with E-state index >= 15 is 0 Å². The number of anilines is 2. The van der Waals surface area contributed by atoms with Gasteiger partial charge in [0.1, 0.15) is 11.6 Å². The van der Waals surface area contributed by atoms with Crippen LogP contribution in [0.1, 0.15) is 19.3 Å². The van der Waals surface area contributed by atoms with E-state index in [4.69, 9.17) is 28.3 Å². The molecule has 2 rings (SSSR count). The molecular formula is C13H19Cl2N3O. The number of hydrogen-bond acceptors (Lipinski definition) is 4. The topological polar surface area (TPSA) is 48.4 Å². The van der Waals surface area contributed by atoms with Crippen LogP contribution in [0, 0.1) is 5.92 Å². The van der Waals surface area contributed by atoms with Crippen molar-refractivity contribution < 1.29 is 5.11 Å². The Labute approximate surface area is 123 Å². The number of nitrogens with zero attached hydrogens (tertiary/aromatic N) is 2. The minimum atomic E-state index is 0.238. The van der Waals surface area contributed by atoms with Crippen LogP contribution in [0.15, 0.2) is 6.07 Å². The lowest BCUT2D eigenvalue weighted by atomic mass is 9.95. The lowest BCUT2D eigenvalue weighted by Crippen LogP contribution is -2.36. The van der Waals surface area contributed by atoms with Gasteiger partial charge in [-0.15, -0.1) is 0 Å². The highest BCUT2D eigenvalue weighted by Crippen LogP contribution is 2.33. The molecule has 1 aromatic rings. The maximum absolute atomic E-state index is 9.06. The lowest BCUT2D eigenvalue weighted by Gasteiger charge is -2.34. The Morgan fingerprint density at radius 2 is 2.26 bits per heavy atom. The number of pyridine rings is 1. The summed E-state index contributed by atoms with van der Waals surface area (Å²) in [6.07, 6.45) is 3.09. The molecule has 1 aliphatic heterocycles. The van der Waals surface area contributed by atoms with Crippen molar-refractivity contribution in [3.63, 3.8) is 0 Å². The number of rotatable bonds is 4. The fourth-order valence-corrected chi connectivity index (χ4v) is 3.10. The molecule has 4 nitrogen and oxygen atoms in total. The molecule has 0 spiro atoms. The van der Waals surface area contributed by atoms with Crippen LogP contribution in [0.5, 0.6) is 0 Å².